The van der Waals surface area contributed by atoms with Crippen molar-refractivity contribution in [3.63, 3.8) is 0 Å². The Kier molecular flexibility index (Phi) is 7.44. The standard InChI is InChI=1S/C27H34N4OS/c1-21-9-11-23(12-10-21)18-30-15-13-24(14-16-30)26-28-29-27(33-20-25-8-5-17-32-25)31(26)19-22-6-3-2-4-7-22/h2-4,6-7,9-12,24-25H,5,8,13-20H2,1H3. The summed E-state index contributed by atoms with van der Waals surface area (Å²) < 4.78 is 8.21. The van der Waals surface area contributed by atoms with Crippen LogP contribution in [-0.4, -0.2) is 51.2 Å². The van der Waals surface area contributed by atoms with Crippen molar-refractivity contribution >= 4 is 11.8 Å². The van der Waals surface area contributed by atoms with Crippen LogP contribution in [0.1, 0.15) is 54.1 Å². The first kappa shape index (κ1) is 22.6. The topological polar surface area (TPSA) is 43.2 Å². The van der Waals surface area contributed by atoms with Crippen molar-refractivity contribution in [3.05, 3.63) is 77.1 Å². The van der Waals surface area contributed by atoms with E-state index in [0.717, 1.165) is 68.8 Å². The van der Waals surface area contributed by atoms with Gasteiger partial charge in [-0.2, -0.15) is 0 Å². The lowest BCUT2D eigenvalue weighted by Crippen LogP contribution is -2.33. The third kappa shape index (κ3) is 5.86. The zero-order chi connectivity index (χ0) is 22.5. The Bertz CT molecular complexity index is 1010. The highest BCUT2D eigenvalue weighted by atomic mass is 32.2. The van der Waals surface area contributed by atoms with Crippen molar-refractivity contribution in [3.8, 4) is 0 Å². The van der Waals surface area contributed by atoms with Crippen LogP contribution in [0.25, 0.3) is 0 Å². The van der Waals surface area contributed by atoms with E-state index in [2.05, 4.69) is 76.1 Å². The number of thioether (sulfide) groups is 1. The second-order valence-corrected chi connectivity index (χ2v) is 10.4. The van der Waals surface area contributed by atoms with E-state index in [0.29, 0.717) is 12.0 Å². The molecule has 5 nitrogen and oxygen atoms in total. The summed E-state index contributed by atoms with van der Waals surface area (Å²) in [6, 6.07) is 19.6. The molecule has 0 bridgehead atoms. The summed E-state index contributed by atoms with van der Waals surface area (Å²) in [6.07, 6.45) is 4.95. The summed E-state index contributed by atoms with van der Waals surface area (Å²) in [5, 5.41) is 10.4. The molecule has 0 N–H and O–H groups in total. The smallest absolute Gasteiger partial charge is 0.191 e. The minimum absolute atomic E-state index is 0.352. The second kappa shape index (κ2) is 10.9. The molecule has 2 fully saturated rings. The minimum Gasteiger partial charge on any atom is -0.377 e. The van der Waals surface area contributed by atoms with Gasteiger partial charge in [-0.3, -0.25) is 4.90 Å². The predicted molar refractivity (Wildman–Crippen MR) is 134 cm³/mol. The maximum atomic E-state index is 5.84. The second-order valence-electron chi connectivity index (χ2n) is 9.39. The highest BCUT2D eigenvalue weighted by Gasteiger charge is 2.27. The first-order chi connectivity index (χ1) is 16.2. The fourth-order valence-corrected chi connectivity index (χ4v) is 5.88. The van der Waals surface area contributed by atoms with Crippen molar-refractivity contribution in [1.29, 1.82) is 0 Å². The molecule has 0 radical (unpaired) electrons. The maximum absolute atomic E-state index is 5.84. The highest BCUT2D eigenvalue weighted by molar-refractivity contribution is 7.99. The molecule has 1 aromatic heterocycles. The molecule has 0 aliphatic carbocycles. The average Bonchev–Trinajstić information content (AvgIpc) is 3.51. The lowest BCUT2D eigenvalue weighted by Gasteiger charge is -2.31. The molecule has 5 rings (SSSR count). The van der Waals surface area contributed by atoms with E-state index in [1.54, 1.807) is 11.8 Å². The van der Waals surface area contributed by atoms with E-state index in [9.17, 15) is 0 Å². The van der Waals surface area contributed by atoms with Gasteiger partial charge in [0.1, 0.15) is 5.82 Å². The van der Waals surface area contributed by atoms with E-state index >= 15 is 0 Å². The van der Waals surface area contributed by atoms with Gasteiger partial charge in [-0.15, -0.1) is 10.2 Å². The van der Waals surface area contributed by atoms with E-state index in [1.165, 1.54) is 23.1 Å². The summed E-state index contributed by atoms with van der Waals surface area (Å²) in [5.41, 5.74) is 4.02. The summed E-state index contributed by atoms with van der Waals surface area (Å²) >= 11 is 1.81. The summed E-state index contributed by atoms with van der Waals surface area (Å²) in [5.74, 6) is 2.58. The first-order valence-corrected chi connectivity index (χ1v) is 13.2. The van der Waals surface area contributed by atoms with E-state index in [4.69, 9.17) is 9.84 Å². The molecule has 33 heavy (non-hydrogen) atoms. The van der Waals surface area contributed by atoms with Crippen LogP contribution in [0, 0.1) is 6.92 Å². The van der Waals surface area contributed by atoms with E-state index in [-0.39, 0.29) is 0 Å². The van der Waals surface area contributed by atoms with Crippen LogP contribution in [0.4, 0.5) is 0 Å². The van der Waals surface area contributed by atoms with Crippen LogP contribution in [-0.2, 0) is 17.8 Å². The zero-order valence-electron chi connectivity index (χ0n) is 19.5. The molecule has 0 amide bonds. The molecular formula is C27H34N4OS. The zero-order valence-corrected chi connectivity index (χ0v) is 20.3. The number of hydrogen-bond acceptors (Lipinski definition) is 5. The Morgan fingerprint density at radius 2 is 1.67 bits per heavy atom. The fourth-order valence-electron chi connectivity index (χ4n) is 4.87. The summed E-state index contributed by atoms with van der Waals surface area (Å²) in [4.78, 5) is 2.58. The van der Waals surface area contributed by atoms with Crippen molar-refractivity contribution in [2.45, 2.75) is 62.9 Å². The van der Waals surface area contributed by atoms with Gasteiger partial charge in [-0.05, 0) is 56.8 Å². The van der Waals surface area contributed by atoms with Gasteiger partial charge in [0, 0.05) is 24.8 Å². The predicted octanol–water partition coefficient (Wildman–Crippen LogP) is 5.29. The molecule has 2 saturated heterocycles. The van der Waals surface area contributed by atoms with Crippen LogP contribution in [0.5, 0.6) is 0 Å². The molecule has 3 aromatic rings. The third-order valence-corrected chi connectivity index (χ3v) is 7.93. The van der Waals surface area contributed by atoms with Gasteiger partial charge in [0.2, 0.25) is 0 Å². The minimum atomic E-state index is 0.352. The van der Waals surface area contributed by atoms with Gasteiger partial charge in [-0.25, -0.2) is 0 Å². The summed E-state index contributed by atoms with van der Waals surface area (Å²) in [6.45, 7) is 7.12. The molecule has 174 valence electrons. The molecule has 2 aliphatic rings. The number of nitrogens with zero attached hydrogens (tertiary/aromatic N) is 4. The monoisotopic (exact) mass is 462 g/mol. The molecule has 2 aliphatic heterocycles. The number of piperidine rings is 1. The molecular weight excluding hydrogens is 428 g/mol. The third-order valence-electron chi connectivity index (χ3n) is 6.83. The van der Waals surface area contributed by atoms with E-state index in [1.807, 2.05) is 0 Å². The summed E-state index contributed by atoms with van der Waals surface area (Å²) in [7, 11) is 0. The van der Waals surface area contributed by atoms with Crippen molar-refractivity contribution in [2.75, 3.05) is 25.4 Å². The number of rotatable bonds is 8. The normalized spacial score (nSPS) is 19.8. The number of aromatic nitrogens is 3. The van der Waals surface area contributed by atoms with E-state index < -0.39 is 0 Å². The lowest BCUT2D eigenvalue weighted by molar-refractivity contribution is 0.129. The molecule has 0 saturated carbocycles. The quantitative estimate of drug-likeness (QED) is 0.426. The molecule has 3 heterocycles. The molecule has 0 spiro atoms. The van der Waals surface area contributed by atoms with Crippen LogP contribution in [0.15, 0.2) is 59.8 Å². The van der Waals surface area contributed by atoms with Crippen molar-refractivity contribution in [2.24, 2.45) is 0 Å². The largest absolute Gasteiger partial charge is 0.377 e. The number of ether oxygens (including phenoxy) is 1. The van der Waals surface area contributed by atoms with Crippen molar-refractivity contribution in [1.82, 2.24) is 19.7 Å². The molecule has 2 aromatic carbocycles. The fraction of sp³-hybridized carbons (Fsp3) is 0.481. The number of aryl methyl sites for hydroxylation is 1. The molecule has 1 unspecified atom stereocenters. The Hall–Kier alpha value is -2.15. The molecule has 6 heteroatoms. The number of hydrogen-bond donors (Lipinski definition) is 0. The van der Waals surface area contributed by atoms with Crippen LogP contribution in [0.3, 0.4) is 0 Å². The van der Waals surface area contributed by atoms with Gasteiger partial charge in [-0.1, -0.05) is 71.9 Å². The lowest BCUT2D eigenvalue weighted by atomic mass is 9.95. The van der Waals surface area contributed by atoms with Gasteiger partial charge in [0.25, 0.3) is 0 Å². The van der Waals surface area contributed by atoms with Gasteiger partial charge in [0.15, 0.2) is 5.16 Å². The van der Waals surface area contributed by atoms with Crippen LogP contribution < -0.4 is 0 Å². The van der Waals surface area contributed by atoms with Crippen LogP contribution >= 0.6 is 11.8 Å². The van der Waals surface area contributed by atoms with Gasteiger partial charge in [0.05, 0.1) is 12.6 Å². The Morgan fingerprint density at radius 1 is 0.909 bits per heavy atom. The number of benzene rings is 2. The highest BCUT2D eigenvalue weighted by Crippen LogP contribution is 2.31. The SMILES string of the molecule is Cc1ccc(CN2CCC(c3nnc(SCC4CCCO4)n3Cc3ccccc3)CC2)cc1. The number of likely N-dealkylation sites (tertiary alicyclic amines) is 1. The molecule has 1 atom stereocenters. The van der Waals surface area contributed by atoms with Gasteiger partial charge < -0.3 is 9.30 Å². The van der Waals surface area contributed by atoms with Crippen molar-refractivity contribution < 1.29 is 4.74 Å². The Balaban J connectivity index is 1.27. The van der Waals surface area contributed by atoms with Crippen LogP contribution in [0.2, 0.25) is 0 Å². The Labute approximate surface area is 201 Å². The maximum Gasteiger partial charge on any atom is 0.191 e. The average molecular weight is 463 g/mol. The first-order valence-electron chi connectivity index (χ1n) is 12.2. The van der Waals surface area contributed by atoms with Gasteiger partial charge >= 0.3 is 0 Å². The Morgan fingerprint density at radius 3 is 2.39 bits per heavy atom.